The van der Waals surface area contributed by atoms with Gasteiger partial charge in [-0.2, -0.15) is 0 Å². The number of hydrogen-bond donors (Lipinski definition) is 2. The largest absolute Gasteiger partial charge is 0.481 e. The average molecular weight is 381 g/mol. The van der Waals surface area contributed by atoms with Gasteiger partial charge in [0.2, 0.25) is 5.88 Å². The summed E-state index contributed by atoms with van der Waals surface area (Å²) in [5.74, 6) is 0.295. The summed E-state index contributed by atoms with van der Waals surface area (Å²) in [7, 11) is 1.58. The van der Waals surface area contributed by atoms with E-state index in [-0.39, 0.29) is 12.5 Å². The molecule has 1 aliphatic rings. The van der Waals surface area contributed by atoms with Gasteiger partial charge in [0.25, 0.3) is 5.91 Å². The van der Waals surface area contributed by atoms with Gasteiger partial charge in [-0.3, -0.25) is 9.78 Å². The van der Waals surface area contributed by atoms with Crippen molar-refractivity contribution in [2.45, 2.75) is 38.8 Å². The molecule has 28 heavy (non-hydrogen) atoms. The summed E-state index contributed by atoms with van der Waals surface area (Å²) in [5, 5.41) is 12.8. The van der Waals surface area contributed by atoms with Crippen LogP contribution in [-0.4, -0.2) is 49.8 Å². The second-order valence-corrected chi connectivity index (χ2v) is 7.41. The summed E-state index contributed by atoms with van der Waals surface area (Å²) in [6.07, 6.45) is 6.46. The standard InChI is InChI=1S/C20H23N5O3/c1-12-6-16-17(21-7-12)14(18(26)22-10-20(27)4-5-20)8-25(16)9-15-13(2)19(28-3)24-11-23-15/h6-8,11,27H,4-5,9-10H2,1-3H3,(H,22,26). The third-order valence-corrected chi connectivity index (χ3v) is 5.16. The number of hydrogen-bond acceptors (Lipinski definition) is 6. The molecule has 1 amide bonds. The number of rotatable bonds is 6. The molecule has 0 radical (unpaired) electrons. The Balaban J connectivity index is 1.70. The van der Waals surface area contributed by atoms with E-state index in [1.807, 2.05) is 24.5 Å². The lowest BCUT2D eigenvalue weighted by molar-refractivity contribution is 0.0897. The number of nitrogens with one attached hydrogen (secondary N) is 1. The molecule has 146 valence electrons. The van der Waals surface area contributed by atoms with Gasteiger partial charge in [-0.05, 0) is 38.3 Å². The molecule has 1 saturated carbocycles. The molecular formula is C20H23N5O3. The van der Waals surface area contributed by atoms with Gasteiger partial charge in [-0.1, -0.05) is 0 Å². The number of aromatic nitrogens is 4. The Bertz CT molecular complexity index is 1060. The number of aliphatic hydroxyl groups is 1. The van der Waals surface area contributed by atoms with Crippen molar-refractivity contribution in [1.29, 1.82) is 0 Å². The monoisotopic (exact) mass is 381 g/mol. The fraction of sp³-hybridized carbons (Fsp3) is 0.400. The second-order valence-electron chi connectivity index (χ2n) is 7.41. The van der Waals surface area contributed by atoms with Crippen molar-refractivity contribution >= 4 is 16.9 Å². The van der Waals surface area contributed by atoms with E-state index >= 15 is 0 Å². The Kier molecular flexibility index (Phi) is 4.50. The molecule has 3 aromatic heterocycles. The van der Waals surface area contributed by atoms with Crippen LogP contribution in [0.1, 0.15) is 40.0 Å². The van der Waals surface area contributed by atoms with Crippen LogP contribution in [0, 0.1) is 13.8 Å². The normalized spacial score (nSPS) is 14.9. The van der Waals surface area contributed by atoms with Gasteiger partial charge in [0, 0.05) is 24.5 Å². The number of aryl methyl sites for hydroxylation is 1. The highest BCUT2D eigenvalue weighted by Gasteiger charge is 2.40. The minimum atomic E-state index is -0.743. The molecule has 0 saturated heterocycles. The van der Waals surface area contributed by atoms with Crippen LogP contribution in [0.25, 0.3) is 11.0 Å². The van der Waals surface area contributed by atoms with Gasteiger partial charge < -0.3 is 19.7 Å². The first-order chi connectivity index (χ1) is 13.4. The number of fused-ring (bicyclic) bond motifs is 1. The minimum Gasteiger partial charge on any atom is -0.481 e. The van der Waals surface area contributed by atoms with E-state index in [0.29, 0.717) is 23.5 Å². The van der Waals surface area contributed by atoms with Gasteiger partial charge in [0.15, 0.2) is 0 Å². The van der Waals surface area contributed by atoms with Crippen molar-refractivity contribution in [2.24, 2.45) is 0 Å². The lowest BCUT2D eigenvalue weighted by atomic mass is 10.2. The number of pyridine rings is 1. The Hall–Kier alpha value is -3.00. The zero-order valence-electron chi connectivity index (χ0n) is 16.2. The fourth-order valence-corrected chi connectivity index (χ4v) is 3.22. The van der Waals surface area contributed by atoms with Crippen molar-refractivity contribution in [3.05, 3.63) is 47.2 Å². The maximum atomic E-state index is 12.7. The highest BCUT2D eigenvalue weighted by Crippen LogP contribution is 2.34. The molecule has 1 aliphatic carbocycles. The Morgan fingerprint density at radius 2 is 2.11 bits per heavy atom. The predicted octanol–water partition coefficient (Wildman–Crippen LogP) is 1.75. The third kappa shape index (κ3) is 3.43. The molecule has 8 nitrogen and oxygen atoms in total. The zero-order valence-corrected chi connectivity index (χ0v) is 16.2. The molecule has 4 rings (SSSR count). The summed E-state index contributed by atoms with van der Waals surface area (Å²) in [6, 6.07) is 2.00. The second kappa shape index (κ2) is 6.87. The van der Waals surface area contributed by atoms with Crippen molar-refractivity contribution in [1.82, 2.24) is 24.8 Å². The Labute approximate surface area is 162 Å². The maximum absolute atomic E-state index is 12.7. The lowest BCUT2D eigenvalue weighted by Gasteiger charge is -2.10. The molecule has 0 unspecified atom stereocenters. The van der Waals surface area contributed by atoms with Gasteiger partial charge in [0.05, 0.1) is 36.0 Å². The van der Waals surface area contributed by atoms with Gasteiger partial charge in [-0.15, -0.1) is 0 Å². The van der Waals surface area contributed by atoms with E-state index in [9.17, 15) is 9.90 Å². The number of ether oxygens (including phenoxy) is 1. The van der Waals surface area contributed by atoms with Crippen LogP contribution in [-0.2, 0) is 6.54 Å². The van der Waals surface area contributed by atoms with E-state index in [1.54, 1.807) is 19.5 Å². The first kappa shape index (κ1) is 18.4. The van der Waals surface area contributed by atoms with E-state index in [1.165, 1.54) is 6.33 Å². The highest BCUT2D eigenvalue weighted by atomic mass is 16.5. The van der Waals surface area contributed by atoms with E-state index in [0.717, 1.165) is 35.2 Å². The predicted molar refractivity (Wildman–Crippen MR) is 103 cm³/mol. The van der Waals surface area contributed by atoms with Crippen molar-refractivity contribution < 1.29 is 14.6 Å². The summed E-state index contributed by atoms with van der Waals surface area (Å²) < 4.78 is 7.25. The molecular weight excluding hydrogens is 358 g/mol. The first-order valence-electron chi connectivity index (χ1n) is 9.21. The number of methoxy groups -OCH3 is 1. The summed E-state index contributed by atoms with van der Waals surface area (Å²) in [6.45, 7) is 4.59. The number of amides is 1. The van der Waals surface area contributed by atoms with Crippen LogP contribution in [0.4, 0.5) is 0 Å². The minimum absolute atomic E-state index is 0.239. The number of nitrogens with zero attached hydrogens (tertiary/aromatic N) is 4. The SMILES string of the molecule is COc1ncnc(Cn2cc(C(=O)NCC3(O)CC3)c3ncc(C)cc32)c1C. The zero-order chi connectivity index (χ0) is 19.9. The molecule has 3 aromatic rings. The summed E-state index contributed by atoms with van der Waals surface area (Å²) in [4.78, 5) is 25.7. The van der Waals surface area contributed by atoms with Crippen LogP contribution < -0.4 is 10.1 Å². The van der Waals surface area contributed by atoms with E-state index < -0.39 is 5.60 Å². The molecule has 2 N–H and O–H groups in total. The molecule has 0 atom stereocenters. The number of carbonyl (C=O) groups excluding carboxylic acids is 1. The van der Waals surface area contributed by atoms with Crippen molar-refractivity contribution in [3.8, 4) is 5.88 Å². The highest BCUT2D eigenvalue weighted by molar-refractivity contribution is 6.05. The third-order valence-electron chi connectivity index (χ3n) is 5.16. The molecule has 0 spiro atoms. The topological polar surface area (TPSA) is 102 Å². The van der Waals surface area contributed by atoms with Crippen LogP contribution in [0.15, 0.2) is 24.8 Å². The Morgan fingerprint density at radius 1 is 1.32 bits per heavy atom. The smallest absolute Gasteiger partial charge is 0.255 e. The van der Waals surface area contributed by atoms with Crippen LogP contribution in [0.2, 0.25) is 0 Å². The molecule has 0 bridgehead atoms. The molecule has 8 heteroatoms. The van der Waals surface area contributed by atoms with Crippen molar-refractivity contribution in [3.63, 3.8) is 0 Å². The molecule has 0 aromatic carbocycles. The van der Waals surface area contributed by atoms with Crippen molar-refractivity contribution in [2.75, 3.05) is 13.7 Å². The average Bonchev–Trinajstić information content (AvgIpc) is 3.32. The lowest BCUT2D eigenvalue weighted by Crippen LogP contribution is -2.33. The number of carbonyl (C=O) groups is 1. The Morgan fingerprint density at radius 3 is 2.82 bits per heavy atom. The first-order valence-corrected chi connectivity index (χ1v) is 9.21. The molecule has 3 heterocycles. The molecule has 0 aliphatic heterocycles. The van der Waals surface area contributed by atoms with Crippen LogP contribution in [0.3, 0.4) is 0 Å². The van der Waals surface area contributed by atoms with E-state index in [2.05, 4.69) is 20.3 Å². The quantitative estimate of drug-likeness (QED) is 0.675. The van der Waals surface area contributed by atoms with E-state index in [4.69, 9.17) is 4.74 Å². The van der Waals surface area contributed by atoms with Gasteiger partial charge in [-0.25, -0.2) is 9.97 Å². The van der Waals surface area contributed by atoms with Crippen LogP contribution >= 0.6 is 0 Å². The fourth-order valence-electron chi connectivity index (χ4n) is 3.22. The van der Waals surface area contributed by atoms with Gasteiger partial charge in [0.1, 0.15) is 11.8 Å². The van der Waals surface area contributed by atoms with Gasteiger partial charge >= 0.3 is 0 Å². The summed E-state index contributed by atoms with van der Waals surface area (Å²) in [5.41, 5.74) is 3.89. The maximum Gasteiger partial charge on any atom is 0.255 e. The van der Waals surface area contributed by atoms with Crippen LogP contribution in [0.5, 0.6) is 5.88 Å². The summed E-state index contributed by atoms with van der Waals surface area (Å²) >= 11 is 0. The molecule has 1 fully saturated rings.